The molecule has 2 aromatic carbocycles. The molecule has 2 heterocycles. The molecule has 0 spiro atoms. The molecule has 326 valence electrons. The van der Waals surface area contributed by atoms with E-state index < -0.39 is 30.4 Å². The first-order valence-corrected chi connectivity index (χ1v) is 20.9. The first kappa shape index (κ1) is 49.6. The molecule has 2 saturated heterocycles. The van der Waals surface area contributed by atoms with Crippen molar-refractivity contribution < 1.29 is 58.8 Å². The van der Waals surface area contributed by atoms with Gasteiger partial charge in [-0.3, -0.25) is 9.59 Å². The highest BCUT2D eigenvalue weighted by Crippen LogP contribution is 2.29. The van der Waals surface area contributed by atoms with Gasteiger partial charge in [-0.25, -0.2) is 0 Å². The summed E-state index contributed by atoms with van der Waals surface area (Å²) in [6, 6.07) is 13.9. The van der Waals surface area contributed by atoms with Crippen LogP contribution in [0, 0.1) is 11.8 Å². The van der Waals surface area contributed by atoms with Gasteiger partial charge in [-0.2, -0.15) is 0 Å². The van der Waals surface area contributed by atoms with Crippen LogP contribution in [0.25, 0.3) is 0 Å². The molecule has 0 unspecified atom stereocenters. The van der Waals surface area contributed by atoms with Gasteiger partial charge in [0.25, 0.3) is 0 Å². The molecule has 59 heavy (non-hydrogen) atoms. The van der Waals surface area contributed by atoms with E-state index >= 15 is 0 Å². The third-order valence-corrected chi connectivity index (χ3v) is 9.77. The largest absolute Gasteiger partial charge is 0.491 e. The minimum Gasteiger partial charge on any atom is -0.491 e. The van der Waals surface area contributed by atoms with Crippen LogP contribution in [0.1, 0.15) is 65.2 Å². The highest BCUT2D eigenvalue weighted by Gasteiger charge is 2.34. The summed E-state index contributed by atoms with van der Waals surface area (Å²) in [4.78, 5) is 22.0. The summed E-state index contributed by atoms with van der Waals surface area (Å²) in [6.07, 6.45) is 15.8. The molecule has 2 fully saturated rings. The second kappa shape index (κ2) is 27.9. The first-order valence-electron chi connectivity index (χ1n) is 20.1. The molecule has 0 aliphatic carbocycles. The minimum absolute atomic E-state index is 0.0483. The maximum Gasteiger partial charge on any atom is 0.306 e. The maximum atomic E-state index is 11.5. The number of aliphatic hydroxyl groups excluding tert-OH is 4. The number of carbonyl (C=O) groups excluding carboxylic acids is 1. The number of rotatable bonds is 23. The van der Waals surface area contributed by atoms with Crippen LogP contribution in [0.3, 0.4) is 0 Å². The summed E-state index contributed by atoms with van der Waals surface area (Å²) >= 11 is 11.8. The molecule has 2 aromatic rings. The molecule has 12 nitrogen and oxygen atoms in total. The molecular formula is C45H60Cl2O12. The third-order valence-electron chi connectivity index (χ3n) is 9.30. The molecule has 14 heteroatoms. The Morgan fingerprint density at radius 2 is 1.17 bits per heavy atom. The second-order valence-corrected chi connectivity index (χ2v) is 15.5. The van der Waals surface area contributed by atoms with Crippen LogP contribution in [-0.4, -0.2) is 107 Å². The zero-order valence-electron chi connectivity index (χ0n) is 33.8. The number of esters is 1. The van der Waals surface area contributed by atoms with Gasteiger partial charge in [0.1, 0.15) is 36.9 Å². The Kier molecular flexibility index (Phi) is 23.5. The van der Waals surface area contributed by atoms with Gasteiger partial charge in [0, 0.05) is 34.7 Å². The van der Waals surface area contributed by atoms with Crippen LogP contribution in [0.5, 0.6) is 11.5 Å². The van der Waals surface area contributed by atoms with Crippen LogP contribution in [0.15, 0.2) is 97.1 Å². The van der Waals surface area contributed by atoms with Crippen molar-refractivity contribution in [2.45, 2.75) is 108 Å². The summed E-state index contributed by atoms with van der Waals surface area (Å²) in [7, 11) is 0. The van der Waals surface area contributed by atoms with Crippen molar-refractivity contribution in [1.82, 2.24) is 0 Å². The van der Waals surface area contributed by atoms with Gasteiger partial charge in [0.05, 0.1) is 43.7 Å². The van der Waals surface area contributed by atoms with Gasteiger partial charge in [0.2, 0.25) is 0 Å². The minimum atomic E-state index is -0.813. The summed E-state index contributed by atoms with van der Waals surface area (Å²) in [5.41, 5.74) is 0. The molecule has 0 amide bonds. The number of halogens is 2. The number of aliphatic carboxylic acids is 1. The van der Waals surface area contributed by atoms with Crippen molar-refractivity contribution >= 4 is 35.1 Å². The molecule has 0 bridgehead atoms. The zero-order valence-corrected chi connectivity index (χ0v) is 35.3. The average Bonchev–Trinajstić information content (AvgIpc) is 3.73. The fraction of sp³-hybridized carbons (Fsp3) is 0.511. The number of ether oxygens (including phenoxy) is 5. The van der Waals surface area contributed by atoms with Crippen LogP contribution in [0.2, 0.25) is 10.0 Å². The second-order valence-electron chi connectivity index (χ2n) is 14.6. The number of hydrogen-bond donors (Lipinski definition) is 5. The average molecular weight is 864 g/mol. The van der Waals surface area contributed by atoms with E-state index in [1.807, 2.05) is 38.2 Å². The van der Waals surface area contributed by atoms with Gasteiger partial charge in [-0.15, -0.1) is 0 Å². The van der Waals surface area contributed by atoms with Crippen molar-refractivity contribution in [2.75, 3.05) is 26.4 Å². The van der Waals surface area contributed by atoms with E-state index in [-0.39, 0.29) is 69.0 Å². The highest BCUT2D eigenvalue weighted by atomic mass is 35.5. The lowest BCUT2D eigenvalue weighted by atomic mass is 9.93. The SMILES string of the molecule is CC(C)OC(=O)CC/C=C\CC[C@H]1[C@@H](O)CO[C@@H]1/C=C/[C@@H](O)COc1cccc(Cl)c1.O=C(O)CC/C=C\CC[C@H]1[C@@H](O)CO[C@@H]1/C=C/[C@@H](O)COc1cccc(Cl)c1. The quantitative estimate of drug-likeness (QED) is 0.0557. The van der Waals surface area contributed by atoms with Gasteiger partial charge in [0.15, 0.2) is 0 Å². The summed E-state index contributed by atoms with van der Waals surface area (Å²) in [5, 5.41) is 50.3. The Hall–Kier alpha value is -3.72. The normalized spacial score (nSPS) is 22.9. The molecule has 0 saturated carbocycles. The van der Waals surface area contributed by atoms with Crippen LogP contribution in [0.4, 0.5) is 0 Å². The number of allylic oxidation sites excluding steroid dienone is 4. The fourth-order valence-corrected chi connectivity index (χ4v) is 6.66. The summed E-state index contributed by atoms with van der Waals surface area (Å²) < 4.78 is 27.4. The number of carbonyl (C=O) groups is 2. The molecule has 4 rings (SSSR count). The molecule has 2 aliphatic rings. The predicted octanol–water partition coefficient (Wildman–Crippen LogP) is 7.29. The van der Waals surface area contributed by atoms with Crippen LogP contribution < -0.4 is 9.47 Å². The van der Waals surface area contributed by atoms with Crippen molar-refractivity contribution in [3.63, 3.8) is 0 Å². The van der Waals surface area contributed by atoms with E-state index in [0.29, 0.717) is 40.8 Å². The lowest BCUT2D eigenvalue weighted by Crippen LogP contribution is -2.23. The Morgan fingerprint density at radius 1 is 0.729 bits per heavy atom. The molecule has 0 aromatic heterocycles. The Morgan fingerprint density at radius 3 is 1.59 bits per heavy atom. The topological polar surface area (TPSA) is 181 Å². The van der Waals surface area contributed by atoms with Crippen LogP contribution in [-0.2, 0) is 23.8 Å². The van der Waals surface area contributed by atoms with Crippen molar-refractivity contribution in [3.8, 4) is 11.5 Å². The third kappa shape index (κ3) is 20.9. The smallest absolute Gasteiger partial charge is 0.306 e. The first-order chi connectivity index (χ1) is 28.3. The molecule has 0 radical (unpaired) electrons. The maximum absolute atomic E-state index is 11.5. The molecular weight excluding hydrogens is 803 g/mol. The van der Waals surface area contributed by atoms with Crippen molar-refractivity contribution in [1.29, 1.82) is 0 Å². The van der Waals surface area contributed by atoms with Gasteiger partial charge >= 0.3 is 11.9 Å². The van der Waals surface area contributed by atoms with Gasteiger partial charge in [-0.05, 0) is 88.8 Å². The van der Waals surface area contributed by atoms with Gasteiger partial charge in [-0.1, -0.05) is 83.9 Å². The summed E-state index contributed by atoms with van der Waals surface area (Å²) in [5.74, 6) is 0.0543. The van der Waals surface area contributed by atoms with E-state index in [1.54, 1.807) is 72.8 Å². The Bertz CT molecular complexity index is 1650. The van der Waals surface area contributed by atoms with Crippen molar-refractivity contribution in [3.05, 3.63) is 107 Å². The number of aliphatic hydroxyl groups is 4. The number of benzene rings is 2. The zero-order chi connectivity index (χ0) is 43.0. The van der Waals surface area contributed by atoms with Gasteiger partial charge < -0.3 is 49.2 Å². The highest BCUT2D eigenvalue weighted by molar-refractivity contribution is 6.31. The van der Waals surface area contributed by atoms with E-state index in [9.17, 15) is 30.0 Å². The van der Waals surface area contributed by atoms with Crippen molar-refractivity contribution in [2.24, 2.45) is 11.8 Å². The number of hydrogen-bond acceptors (Lipinski definition) is 11. The van der Waals surface area contributed by atoms with E-state index in [2.05, 4.69) is 0 Å². The number of carboxylic acids is 1. The van der Waals surface area contributed by atoms with E-state index in [0.717, 1.165) is 25.7 Å². The molecule has 2 aliphatic heterocycles. The lowest BCUT2D eigenvalue weighted by Gasteiger charge is -2.17. The molecule has 5 N–H and O–H groups in total. The lowest BCUT2D eigenvalue weighted by molar-refractivity contribution is -0.147. The Balaban J connectivity index is 0.000000317. The predicted molar refractivity (Wildman–Crippen MR) is 227 cm³/mol. The van der Waals surface area contributed by atoms with E-state index in [4.69, 9.17) is 52.0 Å². The monoisotopic (exact) mass is 862 g/mol. The van der Waals surface area contributed by atoms with E-state index in [1.165, 1.54) is 0 Å². The molecule has 8 atom stereocenters. The Labute approximate surface area is 357 Å². The summed E-state index contributed by atoms with van der Waals surface area (Å²) in [6.45, 7) is 4.39. The fourth-order valence-electron chi connectivity index (χ4n) is 6.30. The standard InChI is InChI=1S/C24H33ClO6.C21H27ClO6/c1-17(2)31-24(28)11-6-4-3-5-10-21-22(27)16-30-23(21)13-12-19(26)15-29-20-9-7-8-18(25)14-20;22-15-6-5-7-17(12-15)27-13-16(23)10-11-20-18(19(24)14-28-20)8-3-1-2-4-9-21(25)26/h3-4,7-9,12-14,17,19,21-23,26-27H,5-6,10-11,15-16H2,1-2H3;1-2,5-7,10-12,16,18-20,23-24H,3-4,8-9,13-14H2,(H,25,26)/b4-3-,13-12+;2-1-,11-10+/t19-,21+,22+,23-;16-,18+,19+,20-/m11/s1. The van der Waals surface area contributed by atoms with Crippen LogP contribution >= 0.6 is 23.2 Å². The number of carboxylic acid groups (broad SMARTS) is 1.